The zero-order valence-electron chi connectivity index (χ0n) is 14.1. The van der Waals surface area contributed by atoms with Gasteiger partial charge in [0.1, 0.15) is 5.75 Å². The number of methoxy groups -OCH3 is 1. The standard InChI is InChI=1S/C17H14N4O6/c1-25-12-7-8-14(13(9-12)21(23)24)26-10-15(22)18-17-20-19-16(27-17)11-5-3-2-4-6-11/h2-9H,10H2,1H3,(H,18,20,22). The fourth-order valence-corrected chi connectivity index (χ4v) is 2.16. The van der Waals surface area contributed by atoms with Crippen LogP contribution >= 0.6 is 0 Å². The Bertz CT molecular complexity index is 957. The smallest absolute Gasteiger partial charge is 0.322 e. The van der Waals surface area contributed by atoms with Gasteiger partial charge < -0.3 is 13.9 Å². The summed E-state index contributed by atoms with van der Waals surface area (Å²) in [5, 5.41) is 21.0. The Hall–Kier alpha value is -3.95. The summed E-state index contributed by atoms with van der Waals surface area (Å²) >= 11 is 0. The fraction of sp³-hybridized carbons (Fsp3) is 0.118. The van der Waals surface area contributed by atoms with E-state index in [1.54, 1.807) is 12.1 Å². The van der Waals surface area contributed by atoms with Crippen LogP contribution in [0.15, 0.2) is 52.9 Å². The van der Waals surface area contributed by atoms with E-state index in [1.807, 2.05) is 18.2 Å². The molecule has 3 aromatic rings. The molecule has 0 bridgehead atoms. The van der Waals surface area contributed by atoms with Crippen molar-refractivity contribution in [2.75, 3.05) is 19.0 Å². The number of carbonyl (C=O) groups excluding carboxylic acids is 1. The normalized spacial score (nSPS) is 10.3. The Morgan fingerprint density at radius 2 is 2.00 bits per heavy atom. The van der Waals surface area contributed by atoms with Crippen LogP contribution < -0.4 is 14.8 Å². The Balaban J connectivity index is 1.62. The molecule has 0 aliphatic carbocycles. The van der Waals surface area contributed by atoms with Gasteiger partial charge in [-0.3, -0.25) is 20.2 Å². The lowest BCUT2D eigenvalue weighted by Gasteiger charge is -2.07. The molecule has 3 rings (SSSR count). The first-order valence-electron chi connectivity index (χ1n) is 7.71. The van der Waals surface area contributed by atoms with Gasteiger partial charge in [0.15, 0.2) is 12.4 Å². The molecular formula is C17H14N4O6. The van der Waals surface area contributed by atoms with Gasteiger partial charge in [-0.2, -0.15) is 0 Å². The summed E-state index contributed by atoms with van der Waals surface area (Å²) < 4.78 is 15.5. The minimum absolute atomic E-state index is 0.0635. The number of rotatable bonds is 7. The first-order valence-corrected chi connectivity index (χ1v) is 7.71. The number of anilines is 1. The zero-order valence-corrected chi connectivity index (χ0v) is 14.1. The maximum atomic E-state index is 12.0. The van der Waals surface area contributed by atoms with Crippen LogP contribution in [0.5, 0.6) is 11.5 Å². The fourth-order valence-electron chi connectivity index (χ4n) is 2.16. The maximum Gasteiger partial charge on any atom is 0.322 e. The van der Waals surface area contributed by atoms with Gasteiger partial charge in [-0.05, 0) is 24.3 Å². The summed E-state index contributed by atoms with van der Waals surface area (Å²) in [6.07, 6.45) is 0. The highest BCUT2D eigenvalue weighted by Gasteiger charge is 2.18. The summed E-state index contributed by atoms with van der Waals surface area (Å²) in [4.78, 5) is 22.5. The molecule has 0 atom stereocenters. The molecule has 0 unspecified atom stereocenters. The summed E-state index contributed by atoms with van der Waals surface area (Å²) in [5.41, 5.74) is 0.391. The number of nitrogens with zero attached hydrogens (tertiary/aromatic N) is 3. The molecule has 1 amide bonds. The molecule has 10 heteroatoms. The number of benzene rings is 2. The van der Waals surface area contributed by atoms with Gasteiger partial charge in [-0.25, -0.2) is 0 Å². The van der Waals surface area contributed by atoms with E-state index in [4.69, 9.17) is 13.9 Å². The third-order valence-electron chi connectivity index (χ3n) is 3.41. The van der Waals surface area contributed by atoms with Gasteiger partial charge >= 0.3 is 11.7 Å². The number of nitro benzene ring substituents is 1. The summed E-state index contributed by atoms with van der Waals surface area (Å²) in [6, 6.07) is 13.0. The van der Waals surface area contributed by atoms with Crippen molar-refractivity contribution in [3.05, 3.63) is 58.6 Å². The lowest BCUT2D eigenvalue weighted by molar-refractivity contribution is -0.385. The highest BCUT2D eigenvalue weighted by atomic mass is 16.6. The van der Waals surface area contributed by atoms with Crippen LogP contribution in [-0.4, -0.2) is 34.7 Å². The summed E-state index contributed by atoms with van der Waals surface area (Å²) in [6.45, 7) is -0.476. The highest BCUT2D eigenvalue weighted by molar-refractivity contribution is 5.90. The number of aromatic nitrogens is 2. The van der Waals surface area contributed by atoms with Crippen LogP contribution in [0.2, 0.25) is 0 Å². The molecule has 0 radical (unpaired) electrons. The number of nitro groups is 1. The van der Waals surface area contributed by atoms with Crippen LogP contribution in [0.25, 0.3) is 11.5 Å². The topological polar surface area (TPSA) is 130 Å². The SMILES string of the molecule is COc1ccc(OCC(=O)Nc2nnc(-c3ccccc3)o2)c([N+](=O)[O-])c1. The second-order valence-electron chi connectivity index (χ2n) is 5.21. The molecule has 1 N–H and O–H groups in total. The van der Waals surface area contributed by atoms with E-state index < -0.39 is 17.4 Å². The minimum Gasteiger partial charge on any atom is -0.496 e. The number of hydrogen-bond donors (Lipinski definition) is 1. The van der Waals surface area contributed by atoms with Crippen molar-refractivity contribution in [1.82, 2.24) is 10.2 Å². The molecule has 10 nitrogen and oxygen atoms in total. The highest BCUT2D eigenvalue weighted by Crippen LogP contribution is 2.31. The third kappa shape index (κ3) is 4.37. The molecule has 0 aliphatic heterocycles. The molecule has 27 heavy (non-hydrogen) atoms. The first kappa shape index (κ1) is 17.9. The van der Waals surface area contributed by atoms with Gasteiger partial charge in [0.25, 0.3) is 5.91 Å². The van der Waals surface area contributed by atoms with Gasteiger partial charge in [0, 0.05) is 5.56 Å². The number of ether oxygens (including phenoxy) is 2. The molecule has 1 heterocycles. The molecule has 0 fully saturated rings. The van der Waals surface area contributed by atoms with E-state index in [9.17, 15) is 14.9 Å². The summed E-state index contributed by atoms with van der Waals surface area (Å²) in [7, 11) is 1.39. The Morgan fingerprint density at radius 1 is 1.22 bits per heavy atom. The van der Waals surface area contributed by atoms with Gasteiger partial charge in [0.2, 0.25) is 5.89 Å². The largest absolute Gasteiger partial charge is 0.496 e. The Kier molecular flexibility index (Phi) is 5.26. The molecule has 0 aliphatic rings. The predicted molar refractivity (Wildman–Crippen MR) is 93.5 cm³/mol. The van der Waals surface area contributed by atoms with Crippen LogP contribution in [0, 0.1) is 10.1 Å². The van der Waals surface area contributed by atoms with Crippen molar-refractivity contribution in [1.29, 1.82) is 0 Å². The molecule has 138 valence electrons. The van der Waals surface area contributed by atoms with Crippen molar-refractivity contribution in [3.63, 3.8) is 0 Å². The van der Waals surface area contributed by atoms with Crippen LogP contribution in [0.3, 0.4) is 0 Å². The van der Waals surface area contributed by atoms with E-state index in [0.29, 0.717) is 11.3 Å². The first-order chi connectivity index (χ1) is 13.1. The number of carbonyl (C=O) groups is 1. The van der Waals surface area contributed by atoms with Crippen molar-refractivity contribution in [3.8, 4) is 23.0 Å². The number of hydrogen-bond acceptors (Lipinski definition) is 8. The lowest BCUT2D eigenvalue weighted by Crippen LogP contribution is -2.20. The average molecular weight is 370 g/mol. The van der Waals surface area contributed by atoms with Crippen LogP contribution in [0.4, 0.5) is 11.7 Å². The van der Waals surface area contributed by atoms with E-state index >= 15 is 0 Å². The molecule has 0 saturated carbocycles. The molecule has 1 aromatic heterocycles. The van der Waals surface area contributed by atoms with Gasteiger partial charge in [0.05, 0.1) is 18.1 Å². The van der Waals surface area contributed by atoms with E-state index in [-0.39, 0.29) is 23.3 Å². The zero-order chi connectivity index (χ0) is 19.2. The predicted octanol–water partition coefficient (Wildman–Crippen LogP) is 2.67. The van der Waals surface area contributed by atoms with Crippen LogP contribution in [0.1, 0.15) is 0 Å². The average Bonchev–Trinajstić information content (AvgIpc) is 3.15. The molecular weight excluding hydrogens is 356 g/mol. The minimum atomic E-state index is -0.625. The van der Waals surface area contributed by atoms with Gasteiger partial charge in [-0.1, -0.05) is 23.3 Å². The van der Waals surface area contributed by atoms with Crippen LogP contribution in [-0.2, 0) is 4.79 Å². The number of nitrogens with one attached hydrogen (secondary N) is 1. The van der Waals surface area contributed by atoms with Gasteiger partial charge in [-0.15, -0.1) is 5.10 Å². The van der Waals surface area contributed by atoms with Crippen molar-refractivity contribution >= 4 is 17.6 Å². The molecule has 2 aromatic carbocycles. The summed E-state index contributed by atoms with van der Waals surface area (Å²) in [5.74, 6) is -0.120. The quantitative estimate of drug-likeness (QED) is 0.496. The van der Waals surface area contributed by atoms with E-state index in [1.165, 1.54) is 25.3 Å². The second kappa shape index (κ2) is 7.95. The molecule has 0 spiro atoms. The van der Waals surface area contributed by atoms with Crippen molar-refractivity contribution < 1.29 is 23.6 Å². The third-order valence-corrected chi connectivity index (χ3v) is 3.41. The molecule has 0 saturated heterocycles. The maximum absolute atomic E-state index is 12.0. The number of amides is 1. The lowest BCUT2D eigenvalue weighted by atomic mass is 10.2. The van der Waals surface area contributed by atoms with Crippen molar-refractivity contribution in [2.24, 2.45) is 0 Å². The van der Waals surface area contributed by atoms with E-state index in [0.717, 1.165) is 0 Å². The second-order valence-corrected chi connectivity index (χ2v) is 5.21. The Labute approximate surface area is 152 Å². The van der Waals surface area contributed by atoms with Crippen molar-refractivity contribution in [2.45, 2.75) is 0 Å². The van der Waals surface area contributed by atoms with E-state index in [2.05, 4.69) is 15.5 Å². The monoisotopic (exact) mass is 370 g/mol. The Morgan fingerprint density at radius 3 is 2.70 bits per heavy atom.